The zero-order valence-corrected chi connectivity index (χ0v) is 15.3. The number of para-hydroxylation sites is 1. The maximum Gasteiger partial charge on any atom is 0.270 e. The first kappa shape index (κ1) is 18.1. The molecule has 0 aliphatic carbocycles. The van der Waals surface area contributed by atoms with Crippen molar-refractivity contribution in [1.29, 1.82) is 0 Å². The highest BCUT2D eigenvalue weighted by molar-refractivity contribution is 5.89. The lowest BCUT2D eigenvalue weighted by Crippen LogP contribution is -2.08. The van der Waals surface area contributed by atoms with Crippen molar-refractivity contribution in [2.75, 3.05) is 13.2 Å². The third-order valence-electron chi connectivity index (χ3n) is 4.66. The Kier molecular flexibility index (Phi) is 5.25. The van der Waals surface area contributed by atoms with Crippen molar-refractivity contribution in [2.24, 2.45) is 4.99 Å². The van der Waals surface area contributed by atoms with Gasteiger partial charge in [0.1, 0.15) is 5.69 Å². The molecule has 2 heterocycles. The summed E-state index contributed by atoms with van der Waals surface area (Å²) in [6.07, 6.45) is 5.94. The number of aliphatic imine (C=N–C) groups is 1. The summed E-state index contributed by atoms with van der Waals surface area (Å²) in [4.78, 5) is 15.3. The second kappa shape index (κ2) is 8.14. The summed E-state index contributed by atoms with van der Waals surface area (Å²) in [7, 11) is 0. The number of ether oxygens (including phenoxy) is 1. The first-order chi connectivity index (χ1) is 13.7. The summed E-state index contributed by atoms with van der Waals surface area (Å²) >= 11 is 0. The lowest BCUT2D eigenvalue weighted by atomic mass is 10.1. The molecule has 1 fully saturated rings. The van der Waals surface area contributed by atoms with Crippen molar-refractivity contribution < 1.29 is 9.66 Å². The van der Waals surface area contributed by atoms with Gasteiger partial charge in [0.05, 0.1) is 23.3 Å². The van der Waals surface area contributed by atoms with Gasteiger partial charge < -0.3 is 4.74 Å². The third-order valence-corrected chi connectivity index (χ3v) is 4.66. The standard InChI is InChI=1S/C21H20N4O3/c26-25(27)19-9-4-6-16(12-19)21-17(13-22-14-20-10-5-11-28-20)15-24(23-21)18-7-2-1-3-8-18/h1-4,6-9,12-13,15,20H,5,10-11,14H2/t20-/m0/s1. The molecular formula is C21H20N4O3. The van der Waals surface area contributed by atoms with Crippen LogP contribution in [0.15, 0.2) is 65.8 Å². The molecule has 0 N–H and O–H groups in total. The Hall–Kier alpha value is -3.32. The van der Waals surface area contributed by atoms with E-state index in [1.807, 2.05) is 42.6 Å². The van der Waals surface area contributed by atoms with Gasteiger partial charge in [0.25, 0.3) is 5.69 Å². The maximum atomic E-state index is 11.2. The zero-order chi connectivity index (χ0) is 19.3. The van der Waals surface area contributed by atoms with Crippen molar-refractivity contribution >= 4 is 11.9 Å². The molecule has 0 radical (unpaired) electrons. The summed E-state index contributed by atoms with van der Waals surface area (Å²) in [5.74, 6) is 0. The molecule has 7 nitrogen and oxygen atoms in total. The molecule has 0 spiro atoms. The molecule has 0 unspecified atom stereocenters. The van der Waals surface area contributed by atoms with E-state index in [4.69, 9.17) is 4.74 Å². The van der Waals surface area contributed by atoms with E-state index in [9.17, 15) is 10.1 Å². The molecule has 1 aliphatic heterocycles. The van der Waals surface area contributed by atoms with Gasteiger partial charge in [-0.1, -0.05) is 30.3 Å². The Morgan fingerprint density at radius 1 is 1.25 bits per heavy atom. The van der Waals surface area contributed by atoms with Crippen LogP contribution in [0, 0.1) is 10.1 Å². The number of rotatable bonds is 6. The Bertz CT molecular complexity index is 992. The van der Waals surface area contributed by atoms with Crippen LogP contribution in [0.2, 0.25) is 0 Å². The van der Waals surface area contributed by atoms with E-state index >= 15 is 0 Å². The summed E-state index contributed by atoms with van der Waals surface area (Å²) in [6, 6.07) is 16.2. The van der Waals surface area contributed by atoms with Gasteiger partial charge >= 0.3 is 0 Å². The number of nitro groups is 1. The average molecular weight is 376 g/mol. The minimum Gasteiger partial charge on any atom is -0.376 e. The van der Waals surface area contributed by atoms with E-state index in [1.165, 1.54) is 12.1 Å². The van der Waals surface area contributed by atoms with Gasteiger partial charge in [0, 0.05) is 42.3 Å². The van der Waals surface area contributed by atoms with Gasteiger partial charge in [-0.3, -0.25) is 15.1 Å². The fraction of sp³-hybridized carbons (Fsp3) is 0.238. The van der Waals surface area contributed by atoms with E-state index in [1.54, 1.807) is 17.0 Å². The highest BCUT2D eigenvalue weighted by Gasteiger charge is 2.16. The highest BCUT2D eigenvalue weighted by Crippen LogP contribution is 2.26. The molecule has 2 aromatic carbocycles. The number of hydrogen-bond acceptors (Lipinski definition) is 5. The molecule has 4 rings (SSSR count). The summed E-state index contributed by atoms with van der Waals surface area (Å²) < 4.78 is 7.38. The van der Waals surface area contributed by atoms with Crippen LogP contribution in [0.5, 0.6) is 0 Å². The van der Waals surface area contributed by atoms with Crippen molar-refractivity contribution in [1.82, 2.24) is 9.78 Å². The topological polar surface area (TPSA) is 82.5 Å². The quantitative estimate of drug-likeness (QED) is 0.369. The summed E-state index contributed by atoms with van der Waals surface area (Å²) in [6.45, 7) is 1.40. The summed E-state index contributed by atoms with van der Waals surface area (Å²) in [5.41, 5.74) is 3.09. The monoisotopic (exact) mass is 376 g/mol. The summed E-state index contributed by atoms with van der Waals surface area (Å²) in [5, 5.41) is 15.8. The fourth-order valence-electron chi connectivity index (χ4n) is 3.24. The second-order valence-corrected chi connectivity index (χ2v) is 6.65. The van der Waals surface area contributed by atoms with Crippen LogP contribution in [0.3, 0.4) is 0 Å². The normalized spacial score (nSPS) is 16.6. The largest absolute Gasteiger partial charge is 0.376 e. The smallest absolute Gasteiger partial charge is 0.270 e. The number of non-ortho nitro benzene ring substituents is 1. The van der Waals surface area contributed by atoms with E-state index in [0.29, 0.717) is 17.8 Å². The van der Waals surface area contributed by atoms with Crippen LogP contribution in [-0.2, 0) is 4.74 Å². The van der Waals surface area contributed by atoms with Crippen molar-refractivity contribution in [2.45, 2.75) is 18.9 Å². The van der Waals surface area contributed by atoms with Gasteiger partial charge in [-0.05, 0) is 25.0 Å². The van der Waals surface area contributed by atoms with Crippen molar-refractivity contribution in [3.05, 3.63) is 76.5 Å². The van der Waals surface area contributed by atoms with Crippen molar-refractivity contribution in [3.63, 3.8) is 0 Å². The molecule has 0 amide bonds. The van der Waals surface area contributed by atoms with Gasteiger partial charge in [0.2, 0.25) is 0 Å². The molecule has 1 saturated heterocycles. The number of nitro benzene ring substituents is 1. The number of hydrogen-bond donors (Lipinski definition) is 0. The van der Waals surface area contributed by atoms with E-state index < -0.39 is 4.92 Å². The number of nitrogens with zero attached hydrogens (tertiary/aromatic N) is 4. The molecule has 3 aromatic rings. The predicted molar refractivity (Wildman–Crippen MR) is 107 cm³/mol. The Balaban J connectivity index is 1.70. The van der Waals surface area contributed by atoms with E-state index in [-0.39, 0.29) is 11.8 Å². The van der Waals surface area contributed by atoms with Gasteiger partial charge in [-0.25, -0.2) is 4.68 Å². The van der Waals surface area contributed by atoms with E-state index in [2.05, 4.69) is 10.1 Å². The molecule has 1 aromatic heterocycles. The van der Waals surface area contributed by atoms with Crippen LogP contribution in [-0.4, -0.2) is 40.2 Å². The maximum absolute atomic E-state index is 11.2. The minimum absolute atomic E-state index is 0.0361. The number of benzene rings is 2. The first-order valence-electron chi connectivity index (χ1n) is 9.22. The van der Waals surface area contributed by atoms with Gasteiger partial charge in [0.15, 0.2) is 0 Å². The Morgan fingerprint density at radius 2 is 2.11 bits per heavy atom. The lowest BCUT2D eigenvalue weighted by molar-refractivity contribution is -0.384. The van der Waals surface area contributed by atoms with Crippen LogP contribution in [0.1, 0.15) is 18.4 Å². The Morgan fingerprint density at radius 3 is 2.86 bits per heavy atom. The molecule has 0 saturated carbocycles. The van der Waals surface area contributed by atoms with Crippen LogP contribution < -0.4 is 0 Å². The molecular weight excluding hydrogens is 356 g/mol. The molecule has 142 valence electrons. The zero-order valence-electron chi connectivity index (χ0n) is 15.3. The first-order valence-corrected chi connectivity index (χ1v) is 9.22. The fourth-order valence-corrected chi connectivity index (χ4v) is 3.24. The Labute approximate surface area is 162 Å². The second-order valence-electron chi connectivity index (χ2n) is 6.65. The third kappa shape index (κ3) is 3.99. The van der Waals surface area contributed by atoms with Crippen LogP contribution in [0.4, 0.5) is 5.69 Å². The van der Waals surface area contributed by atoms with Gasteiger partial charge in [-0.15, -0.1) is 0 Å². The number of aromatic nitrogens is 2. The molecule has 1 aliphatic rings. The SMILES string of the molecule is O=[N+]([O-])c1cccc(-c2nn(-c3ccccc3)cc2C=NC[C@@H]2CCCO2)c1. The van der Waals surface area contributed by atoms with Crippen LogP contribution in [0.25, 0.3) is 16.9 Å². The van der Waals surface area contributed by atoms with Crippen LogP contribution >= 0.6 is 0 Å². The van der Waals surface area contributed by atoms with Gasteiger partial charge in [-0.2, -0.15) is 5.10 Å². The molecule has 1 atom stereocenters. The molecule has 7 heteroatoms. The highest BCUT2D eigenvalue weighted by atomic mass is 16.6. The minimum atomic E-state index is -0.400. The van der Waals surface area contributed by atoms with Crippen molar-refractivity contribution in [3.8, 4) is 16.9 Å². The predicted octanol–water partition coefficient (Wildman–Crippen LogP) is 4.05. The lowest BCUT2D eigenvalue weighted by Gasteiger charge is -2.04. The molecule has 0 bridgehead atoms. The van der Waals surface area contributed by atoms with E-state index in [0.717, 1.165) is 30.7 Å². The average Bonchev–Trinajstić information content (AvgIpc) is 3.39. The molecule has 28 heavy (non-hydrogen) atoms.